The number of nitrogens with one attached hydrogen (secondary N) is 1. The zero-order chi connectivity index (χ0) is 23.4. The molecule has 3 saturated heterocycles. The molecule has 0 aromatic heterocycles. The molecule has 4 aliphatic rings. The van der Waals surface area contributed by atoms with Crippen molar-refractivity contribution in [3.63, 3.8) is 0 Å². The molecule has 0 bridgehead atoms. The summed E-state index contributed by atoms with van der Waals surface area (Å²) in [6.45, 7) is 4.72. The molecule has 0 radical (unpaired) electrons. The van der Waals surface area contributed by atoms with Gasteiger partial charge < -0.3 is 5.32 Å². The summed E-state index contributed by atoms with van der Waals surface area (Å²) in [7, 11) is 0. The lowest BCUT2D eigenvalue weighted by atomic mass is 9.75. The van der Waals surface area contributed by atoms with Crippen LogP contribution in [0.25, 0.3) is 10.8 Å². The van der Waals surface area contributed by atoms with Gasteiger partial charge in [0.05, 0.1) is 17.5 Å². The summed E-state index contributed by atoms with van der Waals surface area (Å²) in [6.07, 6.45) is 1.74. The highest BCUT2D eigenvalue weighted by atomic mass is 16.2. The van der Waals surface area contributed by atoms with E-state index in [0.717, 1.165) is 46.0 Å². The Hall–Kier alpha value is -3.51. The smallest absolute Gasteiger partial charge is 0.250 e. The molecular weight excluding hydrogens is 426 g/mol. The molecule has 3 fully saturated rings. The Morgan fingerprint density at radius 1 is 0.941 bits per heavy atom. The van der Waals surface area contributed by atoms with E-state index in [1.807, 2.05) is 62.4 Å². The van der Waals surface area contributed by atoms with Gasteiger partial charge in [0.15, 0.2) is 0 Å². The predicted molar refractivity (Wildman–Crippen MR) is 129 cm³/mol. The number of fused-ring (bicyclic) bond motifs is 8. The molecule has 4 aliphatic heterocycles. The minimum atomic E-state index is -1.13. The second-order valence-corrected chi connectivity index (χ2v) is 10.2. The van der Waals surface area contributed by atoms with Crippen LogP contribution < -0.4 is 10.2 Å². The highest BCUT2D eigenvalue weighted by Crippen LogP contribution is 2.61. The van der Waals surface area contributed by atoms with Crippen molar-refractivity contribution in [3.8, 4) is 0 Å². The molecule has 34 heavy (non-hydrogen) atoms. The van der Waals surface area contributed by atoms with Crippen LogP contribution in [0.15, 0.2) is 54.6 Å². The number of hydrogen-bond acceptors (Lipinski definition) is 4. The molecule has 6 nitrogen and oxygen atoms in total. The molecule has 0 aliphatic carbocycles. The monoisotopic (exact) mass is 451 g/mol. The van der Waals surface area contributed by atoms with Crippen LogP contribution in [0.4, 0.5) is 11.4 Å². The second-order valence-electron chi connectivity index (χ2n) is 10.2. The molecule has 4 atom stereocenters. The number of carbonyl (C=O) groups is 3. The molecule has 3 amide bonds. The van der Waals surface area contributed by atoms with Crippen molar-refractivity contribution in [1.29, 1.82) is 0 Å². The standard InChI is InChI=1S/C28H25N3O3/c1-15-12-16(2)24-20(13-15)28(27(34)29-24)23-22(21-8-5-11-30(21)28)25(32)31(26(23)33)19-10-9-17-6-3-4-7-18(17)14-19/h3-4,6-7,9-10,12-14,21-23H,5,8,11H2,1-2H3,(H,29,34). The highest BCUT2D eigenvalue weighted by molar-refractivity contribution is 6.26. The van der Waals surface area contributed by atoms with Crippen molar-refractivity contribution >= 4 is 39.9 Å². The molecule has 3 aromatic rings. The van der Waals surface area contributed by atoms with Gasteiger partial charge >= 0.3 is 0 Å². The Kier molecular flexibility index (Phi) is 3.83. The predicted octanol–water partition coefficient (Wildman–Crippen LogP) is 3.89. The summed E-state index contributed by atoms with van der Waals surface area (Å²) >= 11 is 0. The first-order chi connectivity index (χ1) is 16.4. The molecule has 4 heterocycles. The van der Waals surface area contributed by atoms with Gasteiger partial charge in [-0.15, -0.1) is 0 Å². The average Bonchev–Trinajstić information content (AvgIpc) is 3.52. The van der Waals surface area contributed by atoms with E-state index in [4.69, 9.17) is 0 Å². The number of rotatable bonds is 1. The van der Waals surface area contributed by atoms with Crippen LogP contribution in [0.2, 0.25) is 0 Å². The van der Waals surface area contributed by atoms with E-state index in [-0.39, 0.29) is 23.8 Å². The Morgan fingerprint density at radius 2 is 1.74 bits per heavy atom. The first-order valence-corrected chi connectivity index (χ1v) is 12.0. The Bertz CT molecular complexity index is 1450. The number of aryl methyl sites for hydroxylation is 2. The zero-order valence-corrected chi connectivity index (χ0v) is 19.2. The Balaban J connectivity index is 1.43. The fourth-order valence-corrected chi connectivity index (χ4v) is 7.23. The molecule has 4 unspecified atom stereocenters. The highest BCUT2D eigenvalue weighted by Gasteiger charge is 2.74. The number of amides is 3. The van der Waals surface area contributed by atoms with Crippen molar-refractivity contribution in [2.24, 2.45) is 11.8 Å². The molecule has 3 aromatic carbocycles. The van der Waals surface area contributed by atoms with Gasteiger partial charge in [0.25, 0.3) is 0 Å². The van der Waals surface area contributed by atoms with Crippen LogP contribution in [0.1, 0.15) is 29.5 Å². The molecule has 7 rings (SSSR count). The van der Waals surface area contributed by atoms with E-state index < -0.39 is 17.4 Å². The fraction of sp³-hybridized carbons (Fsp3) is 0.321. The van der Waals surface area contributed by atoms with Gasteiger partial charge in [0, 0.05) is 17.3 Å². The first kappa shape index (κ1) is 19.9. The van der Waals surface area contributed by atoms with Gasteiger partial charge in [0.2, 0.25) is 17.7 Å². The van der Waals surface area contributed by atoms with Gasteiger partial charge in [0.1, 0.15) is 5.54 Å². The normalized spacial score (nSPS) is 29.8. The van der Waals surface area contributed by atoms with Crippen LogP contribution >= 0.6 is 0 Å². The lowest BCUT2D eigenvalue weighted by molar-refractivity contribution is -0.135. The number of carbonyl (C=O) groups excluding carboxylic acids is 3. The van der Waals surface area contributed by atoms with Crippen molar-refractivity contribution in [2.75, 3.05) is 16.8 Å². The van der Waals surface area contributed by atoms with E-state index in [9.17, 15) is 14.4 Å². The van der Waals surface area contributed by atoms with Gasteiger partial charge in [-0.1, -0.05) is 48.0 Å². The summed E-state index contributed by atoms with van der Waals surface area (Å²) < 4.78 is 0. The SMILES string of the molecule is Cc1cc(C)c2c(c1)C1(C(=O)N2)C2C(=O)N(c3ccc4ccccc4c3)C(=O)C2C2CCCN21. The summed E-state index contributed by atoms with van der Waals surface area (Å²) in [5.41, 5.74) is 3.15. The van der Waals surface area contributed by atoms with E-state index in [1.165, 1.54) is 4.90 Å². The molecule has 0 saturated carbocycles. The lowest BCUT2D eigenvalue weighted by Gasteiger charge is -2.36. The lowest BCUT2D eigenvalue weighted by Crippen LogP contribution is -2.54. The minimum Gasteiger partial charge on any atom is -0.324 e. The number of anilines is 2. The molecule has 1 N–H and O–H groups in total. The fourth-order valence-electron chi connectivity index (χ4n) is 7.23. The van der Waals surface area contributed by atoms with E-state index in [0.29, 0.717) is 12.2 Å². The summed E-state index contributed by atoms with van der Waals surface area (Å²) in [4.78, 5) is 45.4. The Morgan fingerprint density at radius 3 is 2.56 bits per heavy atom. The van der Waals surface area contributed by atoms with Crippen molar-refractivity contribution < 1.29 is 14.4 Å². The number of imide groups is 1. The number of hydrogen-bond donors (Lipinski definition) is 1. The van der Waals surface area contributed by atoms with E-state index >= 15 is 0 Å². The van der Waals surface area contributed by atoms with Crippen LogP contribution in [-0.4, -0.2) is 35.2 Å². The van der Waals surface area contributed by atoms with Gasteiger partial charge in [-0.2, -0.15) is 0 Å². The molecule has 1 spiro atoms. The summed E-state index contributed by atoms with van der Waals surface area (Å²) in [5, 5.41) is 5.13. The number of nitrogens with zero attached hydrogens (tertiary/aromatic N) is 2. The van der Waals surface area contributed by atoms with Gasteiger partial charge in [-0.05, 0) is 61.7 Å². The maximum absolute atomic E-state index is 14.1. The van der Waals surface area contributed by atoms with Crippen LogP contribution in [0.5, 0.6) is 0 Å². The van der Waals surface area contributed by atoms with Crippen molar-refractivity contribution in [1.82, 2.24) is 4.90 Å². The topological polar surface area (TPSA) is 69.7 Å². The average molecular weight is 452 g/mol. The van der Waals surface area contributed by atoms with Gasteiger partial charge in [-0.25, -0.2) is 4.90 Å². The van der Waals surface area contributed by atoms with Crippen LogP contribution in [0.3, 0.4) is 0 Å². The third-order valence-corrected chi connectivity index (χ3v) is 8.43. The van der Waals surface area contributed by atoms with Gasteiger partial charge in [-0.3, -0.25) is 19.3 Å². The molecule has 6 heteroatoms. The maximum Gasteiger partial charge on any atom is 0.250 e. The molecule has 170 valence electrons. The zero-order valence-electron chi connectivity index (χ0n) is 19.2. The summed E-state index contributed by atoms with van der Waals surface area (Å²) in [6, 6.07) is 17.6. The van der Waals surface area contributed by atoms with E-state index in [2.05, 4.69) is 16.3 Å². The molecular formula is C28H25N3O3. The third-order valence-electron chi connectivity index (χ3n) is 8.43. The quantitative estimate of drug-likeness (QED) is 0.570. The van der Waals surface area contributed by atoms with E-state index in [1.54, 1.807) is 0 Å². The third kappa shape index (κ3) is 2.22. The largest absolute Gasteiger partial charge is 0.324 e. The van der Waals surface area contributed by atoms with Crippen LogP contribution in [-0.2, 0) is 19.9 Å². The Labute approximate surface area is 197 Å². The van der Waals surface area contributed by atoms with Crippen molar-refractivity contribution in [3.05, 3.63) is 71.3 Å². The maximum atomic E-state index is 14.1. The number of benzene rings is 3. The van der Waals surface area contributed by atoms with Crippen molar-refractivity contribution in [2.45, 2.75) is 38.3 Å². The summed E-state index contributed by atoms with van der Waals surface area (Å²) in [5.74, 6) is -1.85. The van der Waals surface area contributed by atoms with Crippen LogP contribution in [0, 0.1) is 25.7 Å². The first-order valence-electron chi connectivity index (χ1n) is 12.0. The second kappa shape index (κ2) is 6.54. The minimum absolute atomic E-state index is 0.107.